The van der Waals surface area contributed by atoms with Gasteiger partial charge in [0.25, 0.3) is 0 Å². The van der Waals surface area contributed by atoms with Crippen LogP contribution in [-0.2, 0) is 17.9 Å². The van der Waals surface area contributed by atoms with E-state index in [1.54, 1.807) is 0 Å². The Morgan fingerprint density at radius 3 is 2.45 bits per heavy atom. The molecule has 1 aromatic rings. The van der Waals surface area contributed by atoms with Crippen LogP contribution in [0.4, 0.5) is 0 Å². The van der Waals surface area contributed by atoms with E-state index in [9.17, 15) is 4.79 Å². The topological polar surface area (TPSA) is 74.0 Å². The second-order valence-corrected chi connectivity index (χ2v) is 7.57. The number of benzene rings is 1. The van der Waals surface area contributed by atoms with Gasteiger partial charge in [-0.05, 0) is 49.9 Å². The van der Waals surface area contributed by atoms with Crippen LogP contribution in [-0.4, -0.2) is 54.4 Å². The number of carbonyl (C=O) groups is 1. The van der Waals surface area contributed by atoms with Crippen molar-refractivity contribution >= 4 is 35.8 Å². The number of piperidine rings is 1. The second kappa shape index (κ2) is 13.8. The first kappa shape index (κ1) is 25.7. The fraction of sp³-hybridized carbons (Fsp3) is 0.636. The third kappa shape index (κ3) is 8.90. The van der Waals surface area contributed by atoms with Crippen molar-refractivity contribution in [2.24, 2.45) is 16.6 Å². The van der Waals surface area contributed by atoms with E-state index in [2.05, 4.69) is 60.2 Å². The van der Waals surface area contributed by atoms with Crippen LogP contribution >= 0.6 is 24.0 Å². The number of guanidine groups is 1. The van der Waals surface area contributed by atoms with Gasteiger partial charge in [0.2, 0.25) is 5.91 Å². The molecule has 0 radical (unpaired) electrons. The van der Waals surface area contributed by atoms with Crippen LogP contribution in [0.2, 0.25) is 0 Å². The molecule has 0 spiro atoms. The summed E-state index contributed by atoms with van der Waals surface area (Å²) in [7, 11) is 0. The van der Waals surface area contributed by atoms with Gasteiger partial charge in [0.05, 0.1) is 6.54 Å². The highest BCUT2D eigenvalue weighted by atomic mass is 127. The minimum Gasteiger partial charge on any atom is -0.370 e. The number of primary amides is 1. The number of likely N-dealkylation sites (tertiary alicyclic amines) is 1. The largest absolute Gasteiger partial charge is 0.370 e. The lowest BCUT2D eigenvalue weighted by Gasteiger charge is -2.34. The summed E-state index contributed by atoms with van der Waals surface area (Å²) in [6.45, 7) is 12.9. The molecule has 29 heavy (non-hydrogen) atoms. The Balaban J connectivity index is 0.00000420. The van der Waals surface area contributed by atoms with Crippen molar-refractivity contribution in [1.29, 1.82) is 0 Å². The van der Waals surface area contributed by atoms with Crippen molar-refractivity contribution in [3.63, 3.8) is 0 Å². The molecule has 1 unspecified atom stereocenters. The summed E-state index contributed by atoms with van der Waals surface area (Å²) in [5, 5.41) is 3.40. The monoisotopic (exact) mass is 515 g/mol. The van der Waals surface area contributed by atoms with Gasteiger partial charge >= 0.3 is 0 Å². The molecule has 3 N–H and O–H groups in total. The molecule has 1 aliphatic heterocycles. The van der Waals surface area contributed by atoms with E-state index >= 15 is 0 Å². The maximum Gasteiger partial charge on any atom is 0.217 e. The number of halogens is 1. The number of nitrogens with zero attached hydrogens (tertiary/aromatic N) is 3. The highest BCUT2D eigenvalue weighted by molar-refractivity contribution is 14.0. The number of rotatable bonds is 9. The highest BCUT2D eigenvalue weighted by Crippen LogP contribution is 2.19. The Kier molecular flexibility index (Phi) is 12.2. The maximum atomic E-state index is 11.3. The van der Waals surface area contributed by atoms with Crippen LogP contribution in [0.25, 0.3) is 0 Å². The Bertz CT molecular complexity index is 631. The Morgan fingerprint density at radius 2 is 1.86 bits per heavy atom. The molecular formula is C22H38IN5O. The summed E-state index contributed by atoms with van der Waals surface area (Å²) >= 11 is 0. The predicted octanol–water partition coefficient (Wildman–Crippen LogP) is 3.20. The van der Waals surface area contributed by atoms with Crippen molar-refractivity contribution in [3.05, 3.63) is 35.4 Å². The van der Waals surface area contributed by atoms with E-state index in [0.717, 1.165) is 58.1 Å². The molecule has 1 heterocycles. The quantitative estimate of drug-likeness (QED) is 0.301. The molecule has 1 amide bonds. The molecule has 0 aromatic heterocycles. The van der Waals surface area contributed by atoms with E-state index < -0.39 is 0 Å². The summed E-state index contributed by atoms with van der Waals surface area (Å²) in [5.74, 6) is 1.05. The molecule has 1 atom stereocenters. The summed E-state index contributed by atoms with van der Waals surface area (Å²) in [4.78, 5) is 20.8. The number of hydrogen-bond acceptors (Lipinski definition) is 3. The van der Waals surface area contributed by atoms with Gasteiger partial charge in [0.15, 0.2) is 5.96 Å². The third-order valence-corrected chi connectivity index (χ3v) is 5.38. The lowest BCUT2D eigenvalue weighted by atomic mass is 9.95. The molecule has 1 aliphatic rings. The predicted molar refractivity (Wildman–Crippen MR) is 131 cm³/mol. The molecule has 0 saturated carbocycles. The highest BCUT2D eigenvalue weighted by Gasteiger charge is 2.23. The zero-order valence-corrected chi connectivity index (χ0v) is 20.5. The SMILES string of the molecule is CCNC(=NCc1ccc(CN(CC)CC)cc1)N1CCCC(CC(N)=O)C1.I. The Labute approximate surface area is 193 Å². The third-order valence-electron chi connectivity index (χ3n) is 5.38. The standard InChI is InChI=1S/C22H37N5O.HI/c1-4-24-22(27-13-7-8-20(17-27)14-21(23)28)25-15-18-9-11-19(12-10-18)16-26(5-2)6-3;/h9-12,20H,4-8,13-17H2,1-3H3,(H2,23,28)(H,24,25);1H. The van der Waals surface area contributed by atoms with Gasteiger partial charge in [-0.25, -0.2) is 4.99 Å². The molecule has 2 rings (SSSR count). The number of carbonyl (C=O) groups excluding carboxylic acids is 1. The van der Waals surface area contributed by atoms with Crippen molar-refractivity contribution in [2.75, 3.05) is 32.7 Å². The molecule has 7 heteroatoms. The number of nitrogens with two attached hydrogens (primary N) is 1. The number of hydrogen-bond donors (Lipinski definition) is 2. The molecule has 6 nitrogen and oxygen atoms in total. The summed E-state index contributed by atoms with van der Waals surface area (Å²) in [5.41, 5.74) is 7.95. The van der Waals surface area contributed by atoms with E-state index in [1.807, 2.05) is 0 Å². The van der Waals surface area contributed by atoms with Crippen molar-refractivity contribution < 1.29 is 4.79 Å². The van der Waals surface area contributed by atoms with Crippen LogP contribution in [0, 0.1) is 5.92 Å². The van der Waals surface area contributed by atoms with Gasteiger partial charge in [-0.1, -0.05) is 38.1 Å². The van der Waals surface area contributed by atoms with E-state index in [0.29, 0.717) is 18.9 Å². The molecule has 1 fully saturated rings. The van der Waals surface area contributed by atoms with E-state index in [4.69, 9.17) is 10.7 Å². The fourth-order valence-electron chi connectivity index (χ4n) is 3.76. The van der Waals surface area contributed by atoms with Crippen molar-refractivity contribution in [2.45, 2.75) is 53.1 Å². The smallest absolute Gasteiger partial charge is 0.217 e. The van der Waals surface area contributed by atoms with E-state index in [1.165, 1.54) is 11.1 Å². The average Bonchev–Trinajstić information content (AvgIpc) is 2.70. The first-order valence-corrected chi connectivity index (χ1v) is 10.7. The van der Waals surface area contributed by atoms with Gasteiger partial charge in [0, 0.05) is 32.6 Å². The van der Waals surface area contributed by atoms with Crippen LogP contribution in [0.1, 0.15) is 51.2 Å². The minimum atomic E-state index is -0.210. The van der Waals surface area contributed by atoms with Gasteiger partial charge in [-0.3, -0.25) is 9.69 Å². The van der Waals surface area contributed by atoms with Crippen LogP contribution in [0.5, 0.6) is 0 Å². The molecule has 164 valence electrons. The second-order valence-electron chi connectivity index (χ2n) is 7.57. The summed E-state index contributed by atoms with van der Waals surface area (Å²) in [6, 6.07) is 8.77. The zero-order valence-electron chi connectivity index (χ0n) is 18.2. The van der Waals surface area contributed by atoms with Gasteiger partial charge in [-0.15, -0.1) is 24.0 Å². The average molecular weight is 515 g/mol. The van der Waals surface area contributed by atoms with Gasteiger partial charge in [-0.2, -0.15) is 0 Å². The van der Waals surface area contributed by atoms with Crippen LogP contribution in [0.3, 0.4) is 0 Å². The van der Waals surface area contributed by atoms with Crippen molar-refractivity contribution in [1.82, 2.24) is 15.1 Å². The zero-order chi connectivity index (χ0) is 20.4. The number of amides is 1. The summed E-state index contributed by atoms with van der Waals surface area (Å²) in [6.07, 6.45) is 2.60. The normalized spacial score (nSPS) is 17.2. The van der Waals surface area contributed by atoms with Gasteiger partial charge < -0.3 is 16.0 Å². The summed E-state index contributed by atoms with van der Waals surface area (Å²) < 4.78 is 0. The van der Waals surface area contributed by atoms with Crippen LogP contribution < -0.4 is 11.1 Å². The van der Waals surface area contributed by atoms with Crippen LogP contribution in [0.15, 0.2) is 29.3 Å². The maximum absolute atomic E-state index is 11.3. The number of nitrogens with one attached hydrogen (secondary N) is 1. The minimum absolute atomic E-state index is 0. The Morgan fingerprint density at radius 1 is 1.21 bits per heavy atom. The number of aliphatic imine (C=N–C) groups is 1. The lowest BCUT2D eigenvalue weighted by molar-refractivity contribution is -0.119. The molecular weight excluding hydrogens is 477 g/mol. The Hall–Kier alpha value is -1.35. The van der Waals surface area contributed by atoms with E-state index in [-0.39, 0.29) is 29.9 Å². The van der Waals surface area contributed by atoms with Gasteiger partial charge in [0.1, 0.15) is 0 Å². The molecule has 1 aromatic carbocycles. The fourth-order valence-corrected chi connectivity index (χ4v) is 3.76. The molecule has 0 aliphatic carbocycles. The lowest BCUT2D eigenvalue weighted by Crippen LogP contribution is -2.47. The molecule has 1 saturated heterocycles. The van der Waals surface area contributed by atoms with Crippen molar-refractivity contribution in [3.8, 4) is 0 Å². The molecule has 0 bridgehead atoms. The first-order chi connectivity index (χ1) is 13.5. The first-order valence-electron chi connectivity index (χ1n) is 10.7.